The van der Waals surface area contributed by atoms with Crippen molar-refractivity contribution in [2.45, 2.75) is 6.92 Å². The second-order valence-electron chi connectivity index (χ2n) is 2.33. The fourth-order valence-electron chi connectivity index (χ4n) is 1.07. The maximum absolute atomic E-state index is 4.10. The van der Waals surface area contributed by atoms with Crippen molar-refractivity contribution in [2.24, 2.45) is 21.1 Å². The quantitative estimate of drug-likeness (QED) is 0.473. The molecule has 0 radical (unpaired) electrons. The minimum absolute atomic E-state index is 0.289. The fraction of sp³-hybridized carbons (Fsp3) is 0.286. The summed E-state index contributed by atoms with van der Waals surface area (Å²) < 4.78 is 0. The first kappa shape index (κ1) is 5.53. The molecule has 0 saturated heterocycles. The molecule has 0 saturated carbocycles. The Morgan fingerprint density at radius 2 is 2.40 bits per heavy atom. The molecule has 0 aliphatic carbocycles. The average molecular weight is 133 g/mol. The van der Waals surface area contributed by atoms with E-state index < -0.39 is 0 Å². The van der Waals surface area contributed by atoms with Gasteiger partial charge < -0.3 is 0 Å². The molecule has 0 fully saturated rings. The predicted octanol–water partition coefficient (Wildman–Crippen LogP) is 1.03. The van der Waals surface area contributed by atoms with Crippen molar-refractivity contribution >= 4 is 17.6 Å². The average Bonchev–Trinajstić information content (AvgIpc) is 2.36. The molecule has 3 nitrogen and oxygen atoms in total. The van der Waals surface area contributed by atoms with Gasteiger partial charge >= 0.3 is 0 Å². The summed E-state index contributed by atoms with van der Waals surface area (Å²) in [6.45, 7) is 1.95. The molecule has 0 aromatic rings. The van der Waals surface area contributed by atoms with Crippen LogP contribution in [0.5, 0.6) is 0 Å². The van der Waals surface area contributed by atoms with Gasteiger partial charge in [-0.1, -0.05) is 6.08 Å². The zero-order valence-electron chi connectivity index (χ0n) is 5.65. The van der Waals surface area contributed by atoms with Crippen molar-refractivity contribution in [3.8, 4) is 0 Å². The summed E-state index contributed by atoms with van der Waals surface area (Å²) in [5, 5.41) is 7.75. The van der Waals surface area contributed by atoms with Gasteiger partial charge in [-0.3, -0.25) is 4.99 Å². The number of aliphatic imine (C=N–C) groups is 1. The third kappa shape index (κ3) is 0.635. The summed E-state index contributed by atoms with van der Waals surface area (Å²) in [6.07, 6.45) is 5.61. The largest absolute Gasteiger partial charge is 0.260 e. The molecular weight excluding hydrogens is 126 g/mol. The first-order valence-corrected chi connectivity index (χ1v) is 3.20. The zero-order chi connectivity index (χ0) is 6.97. The highest BCUT2D eigenvalue weighted by Crippen LogP contribution is 2.12. The van der Waals surface area contributed by atoms with Crippen LogP contribution in [0.1, 0.15) is 6.92 Å². The van der Waals surface area contributed by atoms with Crippen LogP contribution in [0.3, 0.4) is 0 Å². The topological polar surface area (TPSA) is 37.1 Å². The van der Waals surface area contributed by atoms with E-state index >= 15 is 0 Å². The van der Waals surface area contributed by atoms with Gasteiger partial charge in [0, 0.05) is 12.4 Å². The van der Waals surface area contributed by atoms with Gasteiger partial charge in [-0.2, -0.15) is 10.2 Å². The second-order valence-corrected chi connectivity index (χ2v) is 2.33. The van der Waals surface area contributed by atoms with Gasteiger partial charge in [-0.05, 0) is 6.92 Å². The lowest BCUT2D eigenvalue weighted by atomic mass is 10.0. The van der Waals surface area contributed by atoms with Crippen LogP contribution in [-0.4, -0.2) is 17.6 Å². The Balaban J connectivity index is 2.44. The Labute approximate surface area is 58.9 Å². The number of fused-ring (bicyclic) bond motifs is 1. The Morgan fingerprint density at radius 1 is 1.50 bits per heavy atom. The highest BCUT2D eigenvalue weighted by molar-refractivity contribution is 6.46. The van der Waals surface area contributed by atoms with Crippen molar-refractivity contribution in [3.63, 3.8) is 0 Å². The Morgan fingerprint density at radius 3 is 3.20 bits per heavy atom. The number of nitrogens with zero attached hydrogens (tertiary/aromatic N) is 3. The van der Waals surface area contributed by atoms with Crippen LogP contribution >= 0.6 is 0 Å². The molecule has 0 N–H and O–H groups in total. The summed E-state index contributed by atoms with van der Waals surface area (Å²) in [7, 11) is 0. The number of hydrogen-bond acceptors (Lipinski definition) is 3. The summed E-state index contributed by atoms with van der Waals surface area (Å²) in [5.74, 6) is 0.289. The first-order chi connectivity index (χ1) is 4.88. The maximum Gasteiger partial charge on any atom is 0.0965 e. The standard InChI is InChI=1S/C7H7N3/c1-5-7-6(2-3-8-5)4-9-10-7/h2-4,6H,1H3. The molecule has 2 heterocycles. The van der Waals surface area contributed by atoms with Gasteiger partial charge in [0.2, 0.25) is 0 Å². The van der Waals surface area contributed by atoms with Gasteiger partial charge in [-0.25, -0.2) is 0 Å². The van der Waals surface area contributed by atoms with Crippen LogP contribution in [0.15, 0.2) is 27.5 Å². The van der Waals surface area contributed by atoms with Crippen molar-refractivity contribution in [1.82, 2.24) is 0 Å². The van der Waals surface area contributed by atoms with E-state index in [-0.39, 0.29) is 5.92 Å². The lowest BCUT2D eigenvalue weighted by Gasteiger charge is -2.07. The van der Waals surface area contributed by atoms with E-state index in [1.165, 1.54) is 0 Å². The van der Waals surface area contributed by atoms with Gasteiger partial charge in [0.05, 0.1) is 17.3 Å². The molecule has 2 aliphatic rings. The minimum Gasteiger partial charge on any atom is -0.260 e. The van der Waals surface area contributed by atoms with Gasteiger partial charge in [0.25, 0.3) is 0 Å². The third-order valence-electron chi connectivity index (χ3n) is 1.64. The summed E-state index contributed by atoms with van der Waals surface area (Å²) in [5.41, 5.74) is 1.97. The molecule has 1 atom stereocenters. The highest BCUT2D eigenvalue weighted by atomic mass is 15.2. The van der Waals surface area contributed by atoms with Crippen molar-refractivity contribution in [2.75, 3.05) is 0 Å². The van der Waals surface area contributed by atoms with Crippen LogP contribution in [0.2, 0.25) is 0 Å². The molecule has 3 heteroatoms. The minimum atomic E-state index is 0.289. The Bertz CT molecular complexity index is 271. The normalized spacial score (nSPS) is 27.9. The molecule has 2 aliphatic heterocycles. The van der Waals surface area contributed by atoms with E-state index in [0.717, 1.165) is 11.4 Å². The number of hydrogen-bond donors (Lipinski definition) is 0. The number of rotatable bonds is 0. The summed E-state index contributed by atoms with van der Waals surface area (Å²) in [4.78, 5) is 4.10. The van der Waals surface area contributed by atoms with Gasteiger partial charge in [0.15, 0.2) is 0 Å². The molecule has 10 heavy (non-hydrogen) atoms. The summed E-state index contributed by atoms with van der Waals surface area (Å²) >= 11 is 0. The lowest BCUT2D eigenvalue weighted by Crippen LogP contribution is -2.20. The SMILES string of the molecule is CC1=NC=CC2C=NN=C12. The molecular formula is C7H7N3. The molecule has 1 unspecified atom stereocenters. The monoisotopic (exact) mass is 133 g/mol. The van der Waals surface area contributed by atoms with Gasteiger partial charge in [-0.15, -0.1) is 0 Å². The molecule has 0 bridgehead atoms. The molecule has 0 amide bonds. The van der Waals surface area contributed by atoms with Crippen molar-refractivity contribution in [1.29, 1.82) is 0 Å². The van der Waals surface area contributed by atoms with E-state index in [4.69, 9.17) is 0 Å². The Kier molecular flexibility index (Phi) is 1.03. The number of allylic oxidation sites excluding steroid dienone is 1. The van der Waals surface area contributed by atoms with Crippen molar-refractivity contribution < 1.29 is 0 Å². The molecule has 2 rings (SSSR count). The van der Waals surface area contributed by atoms with E-state index in [9.17, 15) is 0 Å². The first-order valence-electron chi connectivity index (χ1n) is 3.20. The van der Waals surface area contributed by atoms with Crippen LogP contribution in [0, 0.1) is 5.92 Å². The fourth-order valence-corrected chi connectivity index (χ4v) is 1.07. The molecule has 0 aromatic heterocycles. The molecule has 0 spiro atoms. The lowest BCUT2D eigenvalue weighted by molar-refractivity contribution is 1.24. The molecule has 0 aromatic carbocycles. The van der Waals surface area contributed by atoms with Gasteiger partial charge in [0.1, 0.15) is 0 Å². The third-order valence-corrected chi connectivity index (χ3v) is 1.64. The zero-order valence-corrected chi connectivity index (χ0v) is 5.65. The van der Waals surface area contributed by atoms with E-state index in [0.29, 0.717) is 0 Å². The highest BCUT2D eigenvalue weighted by Gasteiger charge is 2.19. The maximum atomic E-state index is 4.10. The van der Waals surface area contributed by atoms with E-state index in [1.807, 2.05) is 19.2 Å². The van der Waals surface area contributed by atoms with E-state index in [2.05, 4.69) is 15.2 Å². The van der Waals surface area contributed by atoms with Crippen molar-refractivity contribution in [3.05, 3.63) is 12.3 Å². The Hall–Kier alpha value is -1.25. The van der Waals surface area contributed by atoms with Crippen LogP contribution < -0.4 is 0 Å². The van der Waals surface area contributed by atoms with Crippen LogP contribution in [-0.2, 0) is 0 Å². The second kappa shape index (κ2) is 1.87. The van der Waals surface area contributed by atoms with Crippen LogP contribution in [0.4, 0.5) is 0 Å². The molecule has 50 valence electrons. The smallest absolute Gasteiger partial charge is 0.0965 e. The summed E-state index contributed by atoms with van der Waals surface area (Å²) in [6, 6.07) is 0. The van der Waals surface area contributed by atoms with E-state index in [1.54, 1.807) is 6.20 Å². The predicted molar refractivity (Wildman–Crippen MR) is 41.7 cm³/mol. The van der Waals surface area contributed by atoms with Crippen LogP contribution in [0.25, 0.3) is 0 Å².